The Morgan fingerprint density at radius 1 is 0.605 bits per heavy atom. The molecule has 0 radical (unpaired) electrons. The summed E-state index contributed by atoms with van der Waals surface area (Å²) < 4.78 is 0. The number of imidazole rings is 2. The third-order valence-corrected chi connectivity index (χ3v) is 11.2. The highest BCUT2D eigenvalue weighted by Crippen LogP contribution is 2.58. The molecule has 5 aromatic rings. The molecule has 2 N–H and O–H groups in total. The second-order valence-electron chi connectivity index (χ2n) is 13.5. The first-order valence-corrected chi connectivity index (χ1v) is 16.3. The topological polar surface area (TPSA) is 63.8 Å². The second-order valence-corrected chi connectivity index (χ2v) is 13.5. The molecule has 4 heterocycles. The molecule has 4 atom stereocenters. The molecule has 2 aliphatic heterocycles. The number of aromatic amines is 2. The van der Waals surface area contributed by atoms with Crippen LogP contribution in [0.4, 0.5) is 0 Å². The maximum atomic E-state index is 4.90. The molecule has 2 aliphatic carbocycles. The fourth-order valence-electron chi connectivity index (χ4n) is 9.06. The molecule has 3 fully saturated rings. The van der Waals surface area contributed by atoms with E-state index in [1.807, 2.05) is 6.20 Å². The van der Waals surface area contributed by atoms with Gasteiger partial charge in [0.15, 0.2) is 0 Å². The fraction of sp³-hybridized carbons (Fsp3) is 0.405. The van der Waals surface area contributed by atoms with Gasteiger partial charge in [0.25, 0.3) is 0 Å². The molecule has 1 saturated carbocycles. The number of nitrogens with one attached hydrogen (secondary N) is 2. The van der Waals surface area contributed by atoms with Crippen molar-refractivity contribution in [3.63, 3.8) is 0 Å². The van der Waals surface area contributed by atoms with Gasteiger partial charge in [-0.2, -0.15) is 0 Å². The van der Waals surface area contributed by atoms with E-state index >= 15 is 0 Å². The maximum Gasteiger partial charge on any atom is 0.123 e. The Morgan fingerprint density at radius 3 is 1.72 bits per heavy atom. The predicted molar refractivity (Wildman–Crippen MR) is 173 cm³/mol. The van der Waals surface area contributed by atoms with E-state index in [-0.39, 0.29) is 0 Å². The van der Waals surface area contributed by atoms with Crippen LogP contribution in [0, 0.1) is 0 Å². The minimum absolute atomic E-state index is 0.390. The first-order chi connectivity index (χ1) is 21.1. The first-order valence-electron chi connectivity index (χ1n) is 16.3. The molecule has 4 aliphatic rings. The Bertz CT molecular complexity index is 1850. The van der Waals surface area contributed by atoms with Gasteiger partial charge in [-0.25, -0.2) is 9.97 Å². The van der Waals surface area contributed by atoms with Crippen molar-refractivity contribution in [1.82, 2.24) is 29.7 Å². The average Bonchev–Trinajstić information content (AvgIpc) is 3.88. The maximum absolute atomic E-state index is 4.90. The summed E-state index contributed by atoms with van der Waals surface area (Å²) in [5, 5.41) is 2.61. The number of fused-ring (bicyclic) bond motifs is 6. The van der Waals surface area contributed by atoms with E-state index in [9.17, 15) is 0 Å². The number of rotatable bonds is 5. The van der Waals surface area contributed by atoms with Gasteiger partial charge in [-0.1, -0.05) is 48.5 Å². The third kappa shape index (κ3) is 3.99. The van der Waals surface area contributed by atoms with E-state index in [0.717, 1.165) is 30.4 Å². The quantitative estimate of drug-likeness (QED) is 0.224. The van der Waals surface area contributed by atoms with E-state index in [4.69, 9.17) is 9.97 Å². The van der Waals surface area contributed by atoms with E-state index in [1.54, 1.807) is 11.1 Å². The monoisotopic (exact) mass is 568 g/mol. The summed E-state index contributed by atoms with van der Waals surface area (Å²) in [6, 6.07) is 19.2. The van der Waals surface area contributed by atoms with Gasteiger partial charge < -0.3 is 9.97 Å². The van der Waals surface area contributed by atoms with E-state index in [1.165, 1.54) is 83.7 Å². The molecular formula is C37H40N6. The van der Waals surface area contributed by atoms with Crippen molar-refractivity contribution >= 4 is 10.8 Å². The molecule has 0 amide bonds. The van der Waals surface area contributed by atoms with Gasteiger partial charge in [-0.05, 0) is 117 Å². The molecule has 3 aromatic carbocycles. The highest BCUT2D eigenvalue weighted by molar-refractivity contribution is 6.05. The summed E-state index contributed by atoms with van der Waals surface area (Å²) in [4.78, 5) is 22.1. The van der Waals surface area contributed by atoms with Crippen molar-refractivity contribution in [1.29, 1.82) is 0 Å². The number of hydrogen-bond acceptors (Lipinski definition) is 4. The van der Waals surface area contributed by atoms with Crippen LogP contribution in [-0.2, 0) is 0 Å². The zero-order chi connectivity index (χ0) is 28.7. The van der Waals surface area contributed by atoms with Gasteiger partial charge in [-0.15, -0.1) is 0 Å². The highest BCUT2D eigenvalue weighted by atomic mass is 15.2. The smallest absolute Gasteiger partial charge is 0.123 e. The standard InChI is InChI=1S/C37H40N6/c1-42-17-5-9-32(42)36-38-20-30(40-36)27-14-13-26(24-7-3-4-8-25(24)27)28-15-16-29(35-23-12-11-22(19-23)34(28)35)31-21-39-37(41-31)33-10-6-18-43(33)2/h3-4,7-8,13-16,20-23,32-33H,5-6,9-12,17-19H2,1-2H3,(H,38,40)(H,39,41)/t22?,23?,32-,33?/m0/s1. The molecule has 2 bridgehead atoms. The Kier molecular flexibility index (Phi) is 5.92. The Hall–Kier alpha value is -3.74. The third-order valence-electron chi connectivity index (χ3n) is 11.2. The summed E-state index contributed by atoms with van der Waals surface area (Å²) in [6.07, 6.45) is 12.9. The highest BCUT2D eigenvalue weighted by Gasteiger charge is 2.41. The summed E-state index contributed by atoms with van der Waals surface area (Å²) >= 11 is 0. The number of hydrogen-bond donors (Lipinski definition) is 2. The van der Waals surface area contributed by atoms with Crippen LogP contribution in [0.25, 0.3) is 44.4 Å². The minimum atomic E-state index is 0.390. The van der Waals surface area contributed by atoms with Crippen LogP contribution in [0.1, 0.15) is 91.6 Å². The molecule has 2 aromatic heterocycles. The molecule has 9 rings (SSSR count). The lowest BCUT2D eigenvalue weighted by molar-refractivity contribution is 0.307. The number of H-pyrrole nitrogens is 2. The number of nitrogens with zero attached hydrogens (tertiary/aromatic N) is 4. The lowest BCUT2D eigenvalue weighted by Crippen LogP contribution is -2.18. The van der Waals surface area contributed by atoms with Crippen LogP contribution < -0.4 is 0 Å². The molecular weight excluding hydrogens is 528 g/mol. The van der Waals surface area contributed by atoms with Crippen molar-refractivity contribution < 1.29 is 0 Å². The minimum Gasteiger partial charge on any atom is -0.341 e. The summed E-state index contributed by atoms with van der Waals surface area (Å²) in [7, 11) is 4.43. The normalized spacial score (nSPS) is 25.3. The predicted octanol–water partition coefficient (Wildman–Crippen LogP) is 8.19. The van der Waals surface area contributed by atoms with Crippen LogP contribution in [0.15, 0.2) is 60.9 Å². The number of likely N-dealkylation sites (tertiary alicyclic amines) is 2. The summed E-state index contributed by atoms with van der Waals surface area (Å²) in [5.41, 5.74) is 10.8. The van der Waals surface area contributed by atoms with Crippen molar-refractivity contribution in [2.45, 2.75) is 68.9 Å². The van der Waals surface area contributed by atoms with Gasteiger partial charge in [0.1, 0.15) is 11.6 Å². The Labute approximate surface area is 253 Å². The molecule has 218 valence electrons. The number of benzene rings is 3. The molecule has 2 saturated heterocycles. The molecule has 6 heteroatoms. The van der Waals surface area contributed by atoms with Gasteiger partial charge in [0.2, 0.25) is 0 Å². The van der Waals surface area contributed by atoms with Gasteiger partial charge >= 0.3 is 0 Å². The summed E-state index contributed by atoms with van der Waals surface area (Å²) in [6.45, 7) is 2.30. The lowest BCUT2D eigenvalue weighted by atomic mass is 9.81. The fourth-order valence-corrected chi connectivity index (χ4v) is 9.06. The average molecular weight is 569 g/mol. The molecule has 6 nitrogen and oxygen atoms in total. The van der Waals surface area contributed by atoms with Gasteiger partial charge in [0.05, 0.1) is 35.9 Å². The van der Waals surface area contributed by atoms with E-state index < -0.39 is 0 Å². The summed E-state index contributed by atoms with van der Waals surface area (Å²) in [5.74, 6) is 3.52. The van der Waals surface area contributed by atoms with Gasteiger partial charge in [0, 0.05) is 11.1 Å². The van der Waals surface area contributed by atoms with Crippen LogP contribution in [-0.4, -0.2) is 56.9 Å². The first kappa shape index (κ1) is 25.7. The zero-order valence-electron chi connectivity index (χ0n) is 25.2. The van der Waals surface area contributed by atoms with E-state index in [0.29, 0.717) is 23.9 Å². The molecule has 3 unspecified atom stereocenters. The lowest BCUT2D eigenvalue weighted by Gasteiger charge is -2.23. The molecule has 43 heavy (non-hydrogen) atoms. The Balaban J connectivity index is 1.14. The van der Waals surface area contributed by atoms with Crippen LogP contribution in [0.2, 0.25) is 0 Å². The zero-order valence-corrected chi connectivity index (χ0v) is 25.2. The van der Waals surface area contributed by atoms with Crippen molar-refractivity contribution in [3.05, 3.63) is 83.7 Å². The van der Waals surface area contributed by atoms with Crippen molar-refractivity contribution in [2.75, 3.05) is 27.2 Å². The Morgan fingerprint density at radius 2 is 1.12 bits per heavy atom. The van der Waals surface area contributed by atoms with Crippen LogP contribution in [0.5, 0.6) is 0 Å². The van der Waals surface area contributed by atoms with Crippen molar-refractivity contribution in [2.24, 2.45) is 0 Å². The molecule has 0 spiro atoms. The van der Waals surface area contributed by atoms with E-state index in [2.05, 4.69) is 88.6 Å². The largest absolute Gasteiger partial charge is 0.341 e. The van der Waals surface area contributed by atoms with Crippen molar-refractivity contribution in [3.8, 4) is 33.6 Å². The van der Waals surface area contributed by atoms with Gasteiger partial charge in [-0.3, -0.25) is 9.80 Å². The van der Waals surface area contributed by atoms with Crippen LogP contribution >= 0.6 is 0 Å². The SMILES string of the molecule is CN1CCCC1c1ncc(-c2ccc(-c3ccc(-c4cnc([C@@H]5CCCN5C)[nH]4)c4ccccc34)c3c2C2CCC3C2)[nH]1. The van der Waals surface area contributed by atoms with Crippen LogP contribution in [0.3, 0.4) is 0 Å². The second kappa shape index (κ2) is 9.90. The number of aromatic nitrogens is 4.